The van der Waals surface area contributed by atoms with Crippen molar-refractivity contribution < 1.29 is 0 Å². The SMILES string of the molecule is Cc1ccc(C(C)Nc2ccc(Cl)nc2)s1. The van der Waals surface area contributed by atoms with Crippen molar-refractivity contribution in [3.8, 4) is 0 Å². The molecular weight excluding hydrogens is 240 g/mol. The summed E-state index contributed by atoms with van der Waals surface area (Å²) in [6, 6.07) is 8.31. The van der Waals surface area contributed by atoms with Crippen LogP contribution in [0.3, 0.4) is 0 Å². The summed E-state index contributed by atoms with van der Waals surface area (Å²) >= 11 is 7.54. The number of hydrogen-bond acceptors (Lipinski definition) is 3. The fraction of sp³-hybridized carbons (Fsp3) is 0.250. The predicted octanol–water partition coefficient (Wildman–Crippen LogP) is 4.28. The summed E-state index contributed by atoms with van der Waals surface area (Å²) in [4.78, 5) is 6.70. The molecule has 1 atom stereocenters. The predicted molar refractivity (Wildman–Crippen MR) is 70.3 cm³/mol. The van der Waals surface area contributed by atoms with Gasteiger partial charge in [0.2, 0.25) is 0 Å². The van der Waals surface area contributed by atoms with Gasteiger partial charge >= 0.3 is 0 Å². The third-order valence-corrected chi connectivity index (χ3v) is 3.71. The van der Waals surface area contributed by atoms with Gasteiger partial charge in [-0.3, -0.25) is 0 Å². The molecule has 0 aliphatic carbocycles. The van der Waals surface area contributed by atoms with Crippen LogP contribution in [0.5, 0.6) is 0 Å². The van der Waals surface area contributed by atoms with Crippen molar-refractivity contribution in [2.75, 3.05) is 5.32 Å². The van der Waals surface area contributed by atoms with E-state index < -0.39 is 0 Å². The van der Waals surface area contributed by atoms with Gasteiger partial charge < -0.3 is 5.32 Å². The van der Waals surface area contributed by atoms with Crippen molar-refractivity contribution in [1.29, 1.82) is 0 Å². The molecule has 2 aromatic heterocycles. The van der Waals surface area contributed by atoms with E-state index in [1.54, 1.807) is 12.3 Å². The second kappa shape index (κ2) is 4.85. The molecule has 0 saturated heterocycles. The summed E-state index contributed by atoms with van der Waals surface area (Å²) in [7, 11) is 0. The van der Waals surface area contributed by atoms with E-state index in [2.05, 4.69) is 36.3 Å². The summed E-state index contributed by atoms with van der Waals surface area (Å²) in [5, 5.41) is 3.91. The molecule has 2 heterocycles. The van der Waals surface area contributed by atoms with E-state index in [0.29, 0.717) is 11.2 Å². The van der Waals surface area contributed by atoms with E-state index in [1.807, 2.05) is 17.4 Å². The molecule has 2 nitrogen and oxygen atoms in total. The summed E-state index contributed by atoms with van der Waals surface area (Å²) in [5.74, 6) is 0. The molecule has 0 saturated carbocycles. The number of aromatic nitrogens is 1. The first kappa shape index (κ1) is 11.4. The Morgan fingerprint density at radius 2 is 2.12 bits per heavy atom. The quantitative estimate of drug-likeness (QED) is 0.825. The molecule has 0 radical (unpaired) electrons. The lowest BCUT2D eigenvalue weighted by atomic mass is 10.2. The van der Waals surface area contributed by atoms with E-state index in [-0.39, 0.29) is 0 Å². The van der Waals surface area contributed by atoms with Crippen molar-refractivity contribution in [2.24, 2.45) is 0 Å². The lowest BCUT2D eigenvalue weighted by Gasteiger charge is -2.13. The Labute approximate surface area is 104 Å². The van der Waals surface area contributed by atoms with E-state index in [0.717, 1.165) is 5.69 Å². The number of rotatable bonds is 3. The zero-order valence-corrected chi connectivity index (χ0v) is 10.8. The highest BCUT2D eigenvalue weighted by atomic mass is 35.5. The van der Waals surface area contributed by atoms with Gasteiger partial charge in [-0.2, -0.15) is 0 Å². The smallest absolute Gasteiger partial charge is 0.129 e. The van der Waals surface area contributed by atoms with Crippen LogP contribution in [-0.2, 0) is 0 Å². The van der Waals surface area contributed by atoms with Gasteiger partial charge in [0.15, 0.2) is 0 Å². The maximum absolute atomic E-state index is 5.73. The molecule has 0 aliphatic heterocycles. The Hall–Kier alpha value is -1.06. The fourth-order valence-electron chi connectivity index (χ4n) is 1.47. The number of hydrogen-bond donors (Lipinski definition) is 1. The minimum Gasteiger partial charge on any atom is -0.376 e. The largest absolute Gasteiger partial charge is 0.376 e. The van der Waals surface area contributed by atoms with Crippen molar-refractivity contribution in [3.05, 3.63) is 45.4 Å². The highest BCUT2D eigenvalue weighted by Gasteiger charge is 2.07. The lowest BCUT2D eigenvalue weighted by molar-refractivity contribution is 0.906. The molecule has 0 aliphatic rings. The van der Waals surface area contributed by atoms with Crippen molar-refractivity contribution in [3.63, 3.8) is 0 Å². The zero-order valence-electron chi connectivity index (χ0n) is 9.20. The molecular formula is C12H13ClN2S. The number of thiophene rings is 1. The molecule has 1 N–H and O–H groups in total. The monoisotopic (exact) mass is 252 g/mol. The lowest BCUT2D eigenvalue weighted by Crippen LogP contribution is -2.04. The minimum atomic E-state index is 0.293. The van der Waals surface area contributed by atoms with Crippen LogP contribution in [0.15, 0.2) is 30.5 Å². The van der Waals surface area contributed by atoms with Gasteiger partial charge in [0, 0.05) is 9.75 Å². The van der Waals surface area contributed by atoms with E-state index in [9.17, 15) is 0 Å². The molecule has 0 bridgehead atoms. The molecule has 84 valence electrons. The fourth-order valence-corrected chi connectivity index (χ4v) is 2.46. The molecule has 4 heteroatoms. The third-order valence-electron chi connectivity index (χ3n) is 2.30. The number of anilines is 1. The van der Waals surface area contributed by atoms with Crippen LogP contribution in [0.4, 0.5) is 5.69 Å². The first-order chi connectivity index (χ1) is 7.65. The number of aryl methyl sites for hydroxylation is 1. The van der Waals surface area contributed by atoms with Crippen LogP contribution in [0.25, 0.3) is 0 Å². The van der Waals surface area contributed by atoms with E-state index in [4.69, 9.17) is 11.6 Å². The number of nitrogens with one attached hydrogen (secondary N) is 1. The van der Waals surface area contributed by atoms with Crippen LogP contribution in [0, 0.1) is 6.92 Å². The second-order valence-electron chi connectivity index (χ2n) is 3.68. The van der Waals surface area contributed by atoms with Crippen LogP contribution in [0.2, 0.25) is 5.15 Å². The van der Waals surface area contributed by atoms with Gasteiger partial charge in [0.25, 0.3) is 0 Å². The Kier molecular flexibility index (Phi) is 3.46. The standard InChI is InChI=1S/C12H13ClN2S/c1-8-3-5-11(16-8)9(2)15-10-4-6-12(13)14-7-10/h3-7,9,15H,1-2H3. The van der Waals surface area contributed by atoms with Gasteiger partial charge in [-0.05, 0) is 38.1 Å². The highest BCUT2D eigenvalue weighted by molar-refractivity contribution is 7.12. The van der Waals surface area contributed by atoms with Crippen molar-refractivity contribution in [1.82, 2.24) is 4.98 Å². The second-order valence-corrected chi connectivity index (χ2v) is 5.39. The Morgan fingerprint density at radius 3 is 2.69 bits per heavy atom. The van der Waals surface area contributed by atoms with Gasteiger partial charge in [-0.25, -0.2) is 4.98 Å². The Balaban J connectivity index is 2.07. The van der Waals surface area contributed by atoms with Crippen LogP contribution in [0.1, 0.15) is 22.7 Å². The van der Waals surface area contributed by atoms with Crippen molar-refractivity contribution >= 4 is 28.6 Å². The molecule has 0 aromatic carbocycles. The molecule has 0 spiro atoms. The molecule has 1 unspecified atom stereocenters. The summed E-state index contributed by atoms with van der Waals surface area (Å²) < 4.78 is 0. The third kappa shape index (κ3) is 2.74. The number of pyridine rings is 1. The highest BCUT2D eigenvalue weighted by Crippen LogP contribution is 2.25. The zero-order chi connectivity index (χ0) is 11.5. The van der Waals surface area contributed by atoms with Gasteiger partial charge in [0.1, 0.15) is 5.15 Å². The average Bonchev–Trinajstić information content (AvgIpc) is 2.68. The van der Waals surface area contributed by atoms with Crippen molar-refractivity contribution in [2.45, 2.75) is 19.9 Å². The van der Waals surface area contributed by atoms with E-state index in [1.165, 1.54) is 9.75 Å². The van der Waals surface area contributed by atoms with Gasteiger partial charge in [0.05, 0.1) is 17.9 Å². The Bertz CT molecular complexity index is 464. The summed E-state index contributed by atoms with van der Waals surface area (Å²) in [5.41, 5.74) is 0.989. The number of nitrogens with zero attached hydrogens (tertiary/aromatic N) is 1. The molecule has 2 rings (SSSR count). The van der Waals surface area contributed by atoms with Crippen LogP contribution >= 0.6 is 22.9 Å². The summed E-state index contributed by atoms with van der Waals surface area (Å²) in [6.07, 6.45) is 1.75. The van der Waals surface area contributed by atoms with Crippen LogP contribution < -0.4 is 5.32 Å². The molecule has 16 heavy (non-hydrogen) atoms. The molecule has 2 aromatic rings. The first-order valence-electron chi connectivity index (χ1n) is 5.09. The average molecular weight is 253 g/mol. The maximum atomic E-state index is 5.73. The maximum Gasteiger partial charge on any atom is 0.129 e. The topological polar surface area (TPSA) is 24.9 Å². The van der Waals surface area contributed by atoms with E-state index >= 15 is 0 Å². The Morgan fingerprint density at radius 1 is 1.31 bits per heavy atom. The van der Waals surface area contributed by atoms with Crippen LogP contribution in [-0.4, -0.2) is 4.98 Å². The molecule has 0 fully saturated rings. The molecule has 0 amide bonds. The van der Waals surface area contributed by atoms with Gasteiger partial charge in [-0.15, -0.1) is 11.3 Å². The normalized spacial score (nSPS) is 12.4. The summed E-state index contributed by atoms with van der Waals surface area (Å²) in [6.45, 7) is 4.25. The van der Waals surface area contributed by atoms with Gasteiger partial charge in [-0.1, -0.05) is 11.6 Å². The number of halogens is 1. The first-order valence-corrected chi connectivity index (χ1v) is 6.29. The minimum absolute atomic E-state index is 0.293.